The van der Waals surface area contributed by atoms with E-state index in [2.05, 4.69) is 30.3 Å². The van der Waals surface area contributed by atoms with Crippen molar-refractivity contribution in [1.29, 1.82) is 0 Å². The Morgan fingerprint density at radius 1 is 1.20 bits per heavy atom. The minimum Gasteiger partial charge on any atom is -0.344 e. The van der Waals surface area contributed by atoms with Gasteiger partial charge < -0.3 is 10.6 Å². The van der Waals surface area contributed by atoms with Crippen molar-refractivity contribution in [1.82, 2.24) is 4.90 Å². The van der Waals surface area contributed by atoms with Gasteiger partial charge in [-0.3, -0.25) is 4.79 Å². The summed E-state index contributed by atoms with van der Waals surface area (Å²) in [6.45, 7) is 2.41. The Labute approximate surface area is 126 Å². The lowest BCUT2D eigenvalue weighted by atomic mass is 10.0. The fourth-order valence-corrected chi connectivity index (χ4v) is 2.26. The van der Waals surface area contributed by atoms with E-state index in [0.29, 0.717) is 6.54 Å². The van der Waals surface area contributed by atoms with Crippen molar-refractivity contribution in [3.63, 3.8) is 0 Å². The van der Waals surface area contributed by atoms with Gasteiger partial charge in [-0.1, -0.05) is 42.5 Å². The van der Waals surface area contributed by atoms with Gasteiger partial charge in [0.25, 0.3) is 0 Å². The van der Waals surface area contributed by atoms with Crippen LogP contribution >= 0.6 is 12.4 Å². The van der Waals surface area contributed by atoms with Crippen LogP contribution < -0.4 is 5.73 Å². The van der Waals surface area contributed by atoms with Crippen molar-refractivity contribution in [3.8, 4) is 0 Å². The number of hydrogen-bond acceptors (Lipinski definition) is 2. The fourth-order valence-electron chi connectivity index (χ4n) is 2.26. The SMILES string of the molecule is C[C@H](N)C(=O)N(C)CCc1cccc2ccccc12.Cl. The standard InChI is InChI=1S/C16H20N2O.ClH/c1-12(17)16(19)18(2)11-10-14-8-5-7-13-6-3-4-9-15(13)14;/h3-9,12H,10-11,17H2,1-2H3;1H/t12-;/m0./s1. The predicted molar refractivity (Wildman–Crippen MR) is 86.2 cm³/mol. The number of rotatable bonds is 4. The maximum absolute atomic E-state index is 11.7. The molecule has 1 amide bonds. The Hall–Kier alpha value is -1.58. The molecule has 0 spiro atoms. The molecule has 108 valence electrons. The van der Waals surface area contributed by atoms with Crippen molar-refractivity contribution in [2.75, 3.05) is 13.6 Å². The molecule has 0 unspecified atom stereocenters. The Bertz CT molecular complexity index is 578. The molecule has 0 heterocycles. The van der Waals surface area contributed by atoms with Crippen molar-refractivity contribution in [2.24, 2.45) is 5.73 Å². The van der Waals surface area contributed by atoms with E-state index in [1.165, 1.54) is 16.3 Å². The number of hydrogen-bond donors (Lipinski definition) is 1. The first-order valence-electron chi connectivity index (χ1n) is 6.57. The molecule has 0 saturated carbocycles. The van der Waals surface area contributed by atoms with Crippen LogP contribution in [0, 0.1) is 0 Å². The number of likely N-dealkylation sites (N-methyl/N-ethyl adjacent to an activating group) is 1. The van der Waals surface area contributed by atoms with Crippen molar-refractivity contribution < 1.29 is 4.79 Å². The zero-order chi connectivity index (χ0) is 13.8. The van der Waals surface area contributed by atoms with E-state index in [4.69, 9.17) is 5.73 Å². The summed E-state index contributed by atoms with van der Waals surface area (Å²) in [4.78, 5) is 13.4. The topological polar surface area (TPSA) is 46.3 Å². The largest absolute Gasteiger partial charge is 0.344 e. The van der Waals surface area contributed by atoms with Crippen LogP contribution in [0.3, 0.4) is 0 Å². The second kappa shape index (κ2) is 7.27. The van der Waals surface area contributed by atoms with Gasteiger partial charge in [0.1, 0.15) is 0 Å². The minimum atomic E-state index is -0.433. The van der Waals surface area contributed by atoms with Gasteiger partial charge in [-0.2, -0.15) is 0 Å². The lowest BCUT2D eigenvalue weighted by molar-refractivity contribution is -0.130. The molecule has 2 N–H and O–H groups in total. The van der Waals surface area contributed by atoms with E-state index in [0.717, 1.165) is 6.42 Å². The molecule has 0 aromatic heterocycles. The Kier molecular flexibility index (Phi) is 5.99. The van der Waals surface area contributed by atoms with Crippen molar-refractivity contribution in [2.45, 2.75) is 19.4 Å². The van der Waals surface area contributed by atoms with E-state index in [-0.39, 0.29) is 18.3 Å². The van der Waals surface area contributed by atoms with Gasteiger partial charge in [0.15, 0.2) is 0 Å². The minimum absolute atomic E-state index is 0. The summed E-state index contributed by atoms with van der Waals surface area (Å²) < 4.78 is 0. The van der Waals surface area contributed by atoms with E-state index in [1.807, 2.05) is 12.1 Å². The molecule has 3 nitrogen and oxygen atoms in total. The molecule has 0 aliphatic heterocycles. The van der Waals surface area contributed by atoms with E-state index >= 15 is 0 Å². The van der Waals surface area contributed by atoms with Crippen LogP contribution in [0.1, 0.15) is 12.5 Å². The zero-order valence-corrected chi connectivity index (χ0v) is 12.7. The summed E-state index contributed by atoms with van der Waals surface area (Å²) in [6.07, 6.45) is 0.844. The molecule has 2 aromatic carbocycles. The molecule has 0 saturated heterocycles. The highest BCUT2D eigenvalue weighted by molar-refractivity contribution is 5.86. The summed E-state index contributed by atoms with van der Waals surface area (Å²) in [5.74, 6) is -0.0137. The van der Waals surface area contributed by atoms with Gasteiger partial charge in [-0.25, -0.2) is 0 Å². The normalized spacial score (nSPS) is 11.8. The van der Waals surface area contributed by atoms with Gasteiger partial charge >= 0.3 is 0 Å². The quantitative estimate of drug-likeness (QED) is 0.941. The van der Waals surface area contributed by atoms with Gasteiger partial charge in [-0.15, -0.1) is 12.4 Å². The lowest BCUT2D eigenvalue weighted by Gasteiger charge is -2.19. The van der Waals surface area contributed by atoms with Crippen molar-refractivity contribution in [3.05, 3.63) is 48.0 Å². The molecule has 0 aliphatic carbocycles. The molecule has 2 aromatic rings. The molecule has 20 heavy (non-hydrogen) atoms. The number of halogens is 1. The van der Waals surface area contributed by atoms with Gasteiger partial charge in [0, 0.05) is 13.6 Å². The first-order chi connectivity index (χ1) is 9.09. The van der Waals surface area contributed by atoms with Crippen molar-refractivity contribution >= 4 is 29.1 Å². The average Bonchev–Trinajstić information content (AvgIpc) is 2.43. The third-order valence-electron chi connectivity index (χ3n) is 3.36. The molecule has 0 radical (unpaired) electrons. The number of amides is 1. The van der Waals surface area contributed by atoms with Crippen LogP contribution in [0.2, 0.25) is 0 Å². The first kappa shape index (κ1) is 16.5. The van der Waals surface area contributed by atoms with E-state index in [9.17, 15) is 4.79 Å². The monoisotopic (exact) mass is 292 g/mol. The first-order valence-corrected chi connectivity index (χ1v) is 6.57. The third-order valence-corrected chi connectivity index (χ3v) is 3.36. The number of nitrogens with two attached hydrogens (primary N) is 1. The van der Waals surface area contributed by atoms with Gasteiger partial charge in [0.2, 0.25) is 5.91 Å². The average molecular weight is 293 g/mol. The lowest BCUT2D eigenvalue weighted by Crippen LogP contribution is -2.40. The molecular weight excluding hydrogens is 272 g/mol. The number of fused-ring (bicyclic) bond motifs is 1. The van der Waals surface area contributed by atoms with E-state index < -0.39 is 6.04 Å². The van der Waals surface area contributed by atoms with Gasteiger partial charge in [0.05, 0.1) is 6.04 Å². The van der Waals surface area contributed by atoms with Crippen LogP contribution in [0.4, 0.5) is 0 Å². The van der Waals surface area contributed by atoms with Crippen LogP contribution in [-0.4, -0.2) is 30.4 Å². The Morgan fingerprint density at radius 2 is 1.85 bits per heavy atom. The fraction of sp³-hybridized carbons (Fsp3) is 0.312. The summed E-state index contributed by atoms with van der Waals surface area (Å²) in [7, 11) is 1.80. The molecule has 0 bridgehead atoms. The number of benzene rings is 2. The third kappa shape index (κ3) is 3.71. The number of carbonyl (C=O) groups is 1. The molecule has 1 atom stereocenters. The molecule has 4 heteroatoms. The molecular formula is C16H21ClN2O. The van der Waals surface area contributed by atoms with Crippen LogP contribution in [-0.2, 0) is 11.2 Å². The molecule has 0 aliphatic rings. The molecule has 0 fully saturated rings. The van der Waals surface area contributed by atoms with Crippen LogP contribution in [0.25, 0.3) is 10.8 Å². The summed E-state index contributed by atoms with van der Waals surface area (Å²) in [6, 6.07) is 14.2. The highest BCUT2D eigenvalue weighted by atomic mass is 35.5. The highest BCUT2D eigenvalue weighted by Crippen LogP contribution is 2.19. The molecule has 2 rings (SSSR count). The Morgan fingerprint density at radius 3 is 2.55 bits per heavy atom. The van der Waals surface area contributed by atoms with E-state index in [1.54, 1.807) is 18.9 Å². The maximum atomic E-state index is 11.7. The van der Waals surface area contributed by atoms with Crippen LogP contribution in [0.5, 0.6) is 0 Å². The smallest absolute Gasteiger partial charge is 0.238 e. The second-order valence-electron chi connectivity index (χ2n) is 4.94. The van der Waals surface area contributed by atoms with Crippen LogP contribution in [0.15, 0.2) is 42.5 Å². The number of nitrogens with zero attached hydrogens (tertiary/aromatic N) is 1. The second-order valence-corrected chi connectivity index (χ2v) is 4.94. The zero-order valence-electron chi connectivity index (χ0n) is 11.9. The number of carbonyl (C=O) groups excluding carboxylic acids is 1. The Balaban J connectivity index is 0.00000200. The summed E-state index contributed by atoms with van der Waals surface area (Å²) in [5, 5.41) is 2.49. The maximum Gasteiger partial charge on any atom is 0.238 e. The highest BCUT2D eigenvalue weighted by Gasteiger charge is 2.13. The summed E-state index contributed by atoms with van der Waals surface area (Å²) in [5.41, 5.74) is 6.87. The predicted octanol–water partition coefficient (Wildman–Crippen LogP) is 2.61. The van der Waals surface area contributed by atoms with Gasteiger partial charge in [-0.05, 0) is 29.7 Å². The summed E-state index contributed by atoms with van der Waals surface area (Å²) >= 11 is 0.